The molecule has 7 heteroatoms. The Kier molecular flexibility index (Phi) is 5.74. The average molecular weight is 379 g/mol. The van der Waals surface area contributed by atoms with Gasteiger partial charge in [-0.3, -0.25) is 9.59 Å². The van der Waals surface area contributed by atoms with Gasteiger partial charge in [0, 0.05) is 7.05 Å². The fraction of sp³-hybridized carbons (Fsp3) is 0.190. The number of oxazole rings is 1. The minimum Gasteiger partial charge on any atom is -0.496 e. The number of carbonyl (C=O) groups excluding carboxylic acids is 2. The van der Waals surface area contributed by atoms with Crippen LogP contribution >= 0.6 is 0 Å². The van der Waals surface area contributed by atoms with Crippen molar-refractivity contribution in [3.8, 4) is 17.2 Å². The highest BCUT2D eigenvalue weighted by Crippen LogP contribution is 2.30. The Morgan fingerprint density at radius 3 is 2.57 bits per heavy atom. The van der Waals surface area contributed by atoms with Gasteiger partial charge < -0.3 is 19.8 Å². The van der Waals surface area contributed by atoms with Crippen LogP contribution in [0.2, 0.25) is 0 Å². The van der Waals surface area contributed by atoms with E-state index in [1.54, 1.807) is 45.3 Å². The number of ether oxygens (including phenoxy) is 1. The molecule has 0 aliphatic heterocycles. The van der Waals surface area contributed by atoms with Crippen LogP contribution in [0.1, 0.15) is 21.8 Å². The van der Waals surface area contributed by atoms with Gasteiger partial charge in [-0.25, -0.2) is 4.98 Å². The molecule has 144 valence electrons. The smallest absolute Gasteiger partial charge is 0.253 e. The van der Waals surface area contributed by atoms with Gasteiger partial charge in [-0.2, -0.15) is 0 Å². The minimum absolute atomic E-state index is 0.0204. The molecule has 0 unspecified atom stereocenters. The number of hydrogen-bond donors (Lipinski definition) is 2. The summed E-state index contributed by atoms with van der Waals surface area (Å²) < 4.78 is 11.1. The van der Waals surface area contributed by atoms with Crippen LogP contribution in [0.4, 0.5) is 5.69 Å². The zero-order chi connectivity index (χ0) is 20.1. The average Bonchev–Trinajstić information content (AvgIpc) is 3.07. The Morgan fingerprint density at radius 1 is 1.11 bits per heavy atom. The molecule has 0 radical (unpaired) electrons. The van der Waals surface area contributed by atoms with Gasteiger partial charge in [0.25, 0.3) is 5.91 Å². The lowest BCUT2D eigenvalue weighted by molar-refractivity contribution is -0.115. The summed E-state index contributed by atoms with van der Waals surface area (Å²) >= 11 is 0. The van der Waals surface area contributed by atoms with Crippen molar-refractivity contribution >= 4 is 17.5 Å². The van der Waals surface area contributed by atoms with Gasteiger partial charge in [0.15, 0.2) is 0 Å². The van der Waals surface area contributed by atoms with Crippen molar-refractivity contribution in [1.29, 1.82) is 0 Å². The summed E-state index contributed by atoms with van der Waals surface area (Å²) in [7, 11) is 3.12. The number of rotatable bonds is 6. The lowest BCUT2D eigenvalue weighted by Gasteiger charge is -2.09. The molecule has 2 aromatic carbocycles. The molecular weight excluding hydrogens is 358 g/mol. The van der Waals surface area contributed by atoms with Crippen LogP contribution in [0.15, 0.2) is 52.9 Å². The van der Waals surface area contributed by atoms with Crippen LogP contribution in [0.25, 0.3) is 11.5 Å². The van der Waals surface area contributed by atoms with Gasteiger partial charge in [0.1, 0.15) is 11.5 Å². The molecule has 28 heavy (non-hydrogen) atoms. The third kappa shape index (κ3) is 4.03. The number of amides is 2. The van der Waals surface area contributed by atoms with E-state index in [1.807, 2.05) is 24.3 Å². The number of benzene rings is 2. The monoisotopic (exact) mass is 379 g/mol. The van der Waals surface area contributed by atoms with Crippen molar-refractivity contribution in [2.24, 2.45) is 0 Å². The largest absolute Gasteiger partial charge is 0.496 e. The third-order valence-corrected chi connectivity index (χ3v) is 4.23. The molecule has 7 nitrogen and oxygen atoms in total. The number of anilines is 1. The van der Waals surface area contributed by atoms with Gasteiger partial charge >= 0.3 is 0 Å². The van der Waals surface area contributed by atoms with E-state index in [2.05, 4.69) is 15.6 Å². The number of aryl methyl sites for hydroxylation is 1. The Bertz CT molecular complexity index is 1010. The van der Waals surface area contributed by atoms with Crippen LogP contribution < -0.4 is 15.4 Å². The highest BCUT2D eigenvalue weighted by atomic mass is 16.5. The van der Waals surface area contributed by atoms with E-state index in [4.69, 9.17) is 9.15 Å². The quantitative estimate of drug-likeness (QED) is 0.686. The van der Waals surface area contributed by atoms with E-state index in [0.29, 0.717) is 39.9 Å². The lowest BCUT2D eigenvalue weighted by atomic mass is 10.1. The number of aromatic nitrogens is 1. The molecule has 1 heterocycles. The van der Waals surface area contributed by atoms with E-state index < -0.39 is 0 Å². The number of methoxy groups -OCH3 is 1. The summed E-state index contributed by atoms with van der Waals surface area (Å²) in [6.45, 7) is 1.76. The van der Waals surface area contributed by atoms with Crippen LogP contribution in [-0.2, 0) is 11.2 Å². The highest BCUT2D eigenvalue weighted by molar-refractivity contribution is 6.03. The van der Waals surface area contributed by atoms with E-state index in [-0.39, 0.29) is 18.2 Å². The molecule has 0 aliphatic rings. The van der Waals surface area contributed by atoms with Gasteiger partial charge in [-0.15, -0.1) is 0 Å². The fourth-order valence-corrected chi connectivity index (χ4v) is 2.80. The Hall–Kier alpha value is -3.61. The fourth-order valence-electron chi connectivity index (χ4n) is 2.80. The summed E-state index contributed by atoms with van der Waals surface area (Å²) in [5, 5.41) is 5.32. The Labute approximate surface area is 162 Å². The number of nitrogens with zero attached hydrogens (tertiary/aromatic N) is 1. The molecule has 0 aliphatic carbocycles. The summed E-state index contributed by atoms with van der Waals surface area (Å²) in [5.41, 5.74) is 2.07. The van der Waals surface area contributed by atoms with Crippen molar-refractivity contribution in [3.63, 3.8) is 0 Å². The number of nitrogens with one attached hydrogen (secondary N) is 2. The maximum Gasteiger partial charge on any atom is 0.253 e. The van der Waals surface area contributed by atoms with Gasteiger partial charge in [-0.1, -0.05) is 24.3 Å². The third-order valence-electron chi connectivity index (χ3n) is 4.23. The topological polar surface area (TPSA) is 93.5 Å². The van der Waals surface area contributed by atoms with Crippen LogP contribution in [-0.4, -0.2) is 31.0 Å². The molecule has 2 amide bonds. The molecular formula is C21H21N3O4. The summed E-state index contributed by atoms with van der Waals surface area (Å²) in [4.78, 5) is 28.9. The molecule has 3 aromatic rings. The van der Waals surface area contributed by atoms with Crippen molar-refractivity contribution in [2.75, 3.05) is 19.5 Å². The van der Waals surface area contributed by atoms with E-state index >= 15 is 0 Å². The standard InChI is InChI=1S/C21H21N3O4/c1-13-17(24-21(28-13)15-9-5-7-11-18(15)27-3)12-19(25)23-16-10-6-4-8-14(16)20(26)22-2/h4-11H,12H2,1-3H3,(H,22,26)(H,23,25). The SMILES string of the molecule is CNC(=O)c1ccccc1NC(=O)Cc1nc(-c2ccccc2OC)oc1C. The van der Waals surface area contributed by atoms with Crippen molar-refractivity contribution < 1.29 is 18.7 Å². The predicted molar refractivity (Wildman–Crippen MR) is 105 cm³/mol. The van der Waals surface area contributed by atoms with Crippen molar-refractivity contribution in [2.45, 2.75) is 13.3 Å². The van der Waals surface area contributed by atoms with Gasteiger partial charge in [0.2, 0.25) is 11.8 Å². The number of para-hydroxylation sites is 2. The second-order valence-electron chi connectivity index (χ2n) is 6.07. The number of hydrogen-bond acceptors (Lipinski definition) is 5. The summed E-state index contributed by atoms with van der Waals surface area (Å²) in [5.74, 6) is 1.02. The van der Waals surface area contributed by atoms with Crippen LogP contribution in [0.3, 0.4) is 0 Å². The second-order valence-corrected chi connectivity index (χ2v) is 6.07. The van der Waals surface area contributed by atoms with E-state index in [0.717, 1.165) is 0 Å². The Morgan fingerprint density at radius 2 is 1.82 bits per heavy atom. The maximum atomic E-state index is 12.5. The van der Waals surface area contributed by atoms with Crippen LogP contribution in [0.5, 0.6) is 5.75 Å². The van der Waals surface area contributed by atoms with Gasteiger partial charge in [-0.05, 0) is 31.2 Å². The first-order valence-corrected chi connectivity index (χ1v) is 8.74. The molecule has 2 N–H and O–H groups in total. The molecule has 3 rings (SSSR count). The highest BCUT2D eigenvalue weighted by Gasteiger charge is 2.18. The predicted octanol–water partition coefficient (Wildman–Crippen LogP) is 3.20. The van der Waals surface area contributed by atoms with Gasteiger partial charge in [0.05, 0.1) is 36.0 Å². The zero-order valence-electron chi connectivity index (χ0n) is 15.9. The lowest BCUT2D eigenvalue weighted by Crippen LogP contribution is -2.22. The molecule has 0 spiro atoms. The maximum absolute atomic E-state index is 12.5. The van der Waals surface area contributed by atoms with Crippen molar-refractivity contribution in [1.82, 2.24) is 10.3 Å². The van der Waals surface area contributed by atoms with Crippen molar-refractivity contribution in [3.05, 3.63) is 65.5 Å². The first-order chi connectivity index (χ1) is 13.5. The van der Waals surface area contributed by atoms with E-state index in [1.165, 1.54) is 0 Å². The molecule has 0 atom stereocenters. The Balaban J connectivity index is 1.79. The molecule has 0 bridgehead atoms. The molecule has 0 saturated heterocycles. The molecule has 0 fully saturated rings. The van der Waals surface area contributed by atoms with Crippen LogP contribution in [0, 0.1) is 6.92 Å². The number of carbonyl (C=O) groups is 2. The minimum atomic E-state index is -0.292. The summed E-state index contributed by atoms with van der Waals surface area (Å²) in [6, 6.07) is 14.2. The first-order valence-electron chi connectivity index (χ1n) is 8.74. The zero-order valence-corrected chi connectivity index (χ0v) is 15.9. The first kappa shape index (κ1) is 19.2. The second kappa shape index (κ2) is 8.39. The normalized spacial score (nSPS) is 10.4. The summed E-state index contributed by atoms with van der Waals surface area (Å²) in [6.07, 6.45) is 0.0204. The van der Waals surface area contributed by atoms with E-state index in [9.17, 15) is 9.59 Å². The molecule has 1 aromatic heterocycles. The molecule has 0 saturated carbocycles.